The Morgan fingerprint density at radius 2 is 1.82 bits per heavy atom. The van der Waals surface area contributed by atoms with Gasteiger partial charge in [-0.15, -0.1) is 0 Å². The highest BCUT2D eigenvalue weighted by atomic mass is 32.2. The Labute approximate surface area is 231 Å². The number of methoxy groups -OCH3 is 1. The molecule has 0 aliphatic carbocycles. The van der Waals surface area contributed by atoms with Gasteiger partial charge in [0.15, 0.2) is 0 Å². The van der Waals surface area contributed by atoms with Gasteiger partial charge in [-0.25, -0.2) is 32.2 Å². The van der Waals surface area contributed by atoms with Gasteiger partial charge in [-0.05, 0) is 81.7 Å². The van der Waals surface area contributed by atoms with Crippen molar-refractivity contribution in [3.05, 3.63) is 66.3 Å². The molecular formula is C28H29F2N5O4S. The number of pyridine rings is 1. The number of ether oxygens (including phenoxy) is 2. The molecule has 9 nitrogen and oxygen atoms in total. The molecule has 1 fully saturated rings. The molecule has 12 heteroatoms. The van der Waals surface area contributed by atoms with Gasteiger partial charge in [0.25, 0.3) is 10.0 Å². The average Bonchev–Trinajstić information content (AvgIpc) is 2.92. The molecule has 0 radical (unpaired) electrons. The molecule has 0 saturated carbocycles. The molecule has 4 aromatic rings. The lowest BCUT2D eigenvalue weighted by atomic mass is 9.98. The van der Waals surface area contributed by atoms with E-state index in [2.05, 4.69) is 31.6 Å². The highest BCUT2D eigenvalue weighted by Gasteiger charge is 2.23. The maximum atomic E-state index is 14.3. The zero-order valence-electron chi connectivity index (χ0n) is 22.3. The Hall–Kier alpha value is -3.90. The van der Waals surface area contributed by atoms with Crippen LogP contribution in [-0.2, 0) is 10.0 Å². The first kappa shape index (κ1) is 27.7. The van der Waals surface area contributed by atoms with Crippen LogP contribution in [0.15, 0.2) is 53.8 Å². The molecule has 0 atom stereocenters. The van der Waals surface area contributed by atoms with Gasteiger partial charge < -0.3 is 14.4 Å². The van der Waals surface area contributed by atoms with Gasteiger partial charge >= 0.3 is 0 Å². The number of nitrogens with one attached hydrogen (secondary N) is 1. The molecule has 40 heavy (non-hydrogen) atoms. The van der Waals surface area contributed by atoms with E-state index in [1.807, 2.05) is 19.1 Å². The molecule has 210 valence electrons. The first-order valence-corrected chi connectivity index (χ1v) is 14.2. The quantitative estimate of drug-likeness (QED) is 0.322. The predicted molar refractivity (Wildman–Crippen MR) is 147 cm³/mol. The molecule has 0 unspecified atom stereocenters. The first-order valence-electron chi connectivity index (χ1n) is 12.7. The highest BCUT2D eigenvalue weighted by Crippen LogP contribution is 2.36. The lowest BCUT2D eigenvalue weighted by Crippen LogP contribution is -2.32. The Morgan fingerprint density at radius 1 is 1.05 bits per heavy atom. The number of halogens is 2. The van der Waals surface area contributed by atoms with Gasteiger partial charge in [-0.1, -0.05) is 0 Å². The van der Waals surface area contributed by atoms with E-state index in [-0.39, 0.29) is 11.6 Å². The molecule has 1 aliphatic rings. The molecule has 1 saturated heterocycles. The number of piperidine rings is 1. The van der Waals surface area contributed by atoms with Crippen LogP contribution in [0.1, 0.15) is 18.5 Å². The third kappa shape index (κ3) is 5.82. The first-order chi connectivity index (χ1) is 19.1. The second-order valence-electron chi connectivity index (χ2n) is 9.85. The topological polar surface area (TPSA) is 107 Å². The lowest BCUT2D eigenvalue weighted by molar-refractivity contribution is 0.161. The summed E-state index contributed by atoms with van der Waals surface area (Å²) in [4.78, 5) is 14.6. The van der Waals surface area contributed by atoms with E-state index < -0.39 is 26.6 Å². The van der Waals surface area contributed by atoms with Crippen LogP contribution < -0.4 is 14.2 Å². The van der Waals surface area contributed by atoms with Crippen LogP contribution in [0.4, 0.5) is 14.5 Å². The standard InChI is InChI=1S/C28H29F2N5O4S/c1-17-22-10-19(12-25(27(22)33-16-32-17)39-15-18-6-8-35(2)9-7-18)20-11-24(28(38-3)31-14-20)34-40(36,37)26-5-4-21(29)13-23(26)30/h4-5,10-14,16,18,34H,6-9,15H2,1-3H3. The van der Waals surface area contributed by atoms with E-state index in [9.17, 15) is 17.2 Å². The predicted octanol–water partition coefficient (Wildman–Crippen LogP) is 4.81. The number of anilines is 1. The average molecular weight is 570 g/mol. The van der Waals surface area contributed by atoms with Gasteiger partial charge in [0.1, 0.15) is 39.8 Å². The van der Waals surface area contributed by atoms with E-state index in [0.717, 1.165) is 49.1 Å². The number of nitrogens with zero attached hydrogens (tertiary/aromatic N) is 4. The Balaban J connectivity index is 1.51. The summed E-state index contributed by atoms with van der Waals surface area (Å²) in [6.45, 7) is 4.46. The van der Waals surface area contributed by atoms with Crippen LogP contribution in [-0.4, -0.2) is 62.1 Å². The Bertz CT molecular complexity index is 1660. The van der Waals surface area contributed by atoms with E-state index in [4.69, 9.17) is 9.47 Å². The van der Waals surface area contributed by atoms with Crippen LogP contribution >= 0.6 is 0 Å². The highest BCUT2D eigenvalue weighted by molar-refractivity contribution is 7.92. The molecule has 1 N–H and O–H groups in total. The van der Waals surface area contributed by atoms with Gasteiger partial charge in [0.05, 0.1) is 13.7 Å². The second-order valence-corrected chi connectivity index (χ2v) is 11.5. The summed E-state index contributed by atoms with van der Waals surface area (Å²) < 4.78 is 67.5. The lowest BCUT2D eigenvalue weighted by Gasteiger charge is -2.28. The molecule has 0 spiro atoms. The number of sulfonamides is 1. The monoisotopic (exact) mass is 569 g/mol. The third-order valence-electron chi connectivity index (χ3n) is 7.02. The summed E-state index contributed by atoms with van der Waals surface area (Å²) in [6, 6.07) is 7.49. The number of benzene rings is 2. The minimum absolute atomic E-state index is 0.0151. The minimum Gasteiger partial charge on any atom is -0.491 e. The van der Waals surface area contributed by atoms with Crippen molar-refractivity contribution >= 4 is 26.6 Å². The van der Waals surface area contributed by atoms with E-state index >= 15 is 0 Å². The van der Waals surface area contributed by atoms with Gasteiger partial charge in [-0.3, -0.25) is 4.72 Å². The Kier molecular flexibility index (Phi) is 7.81. The zero-order valence-corrected chi connectivity index (χ0v) is 23.1. The van der Waals surface area contributed by atoms with Crippen LogP contribution in [0.5, 0.6) is 11.6 Å². The fourth-order valence-corrected chi connectivity index (χ4v) is 5.82. The maximum Gasteiger partial charge on any atom is 0.264 e. The van der Waals surface area contributed by atoms with Crippen molar-refractivity contribution in [2.45, 2.75) is 24.7 Å². The number of hydrogen-bond acceptors (Lipinski definition) is 8. The van der Waals surface area contributed by atoms with Crippen molar-refractivity contribution in [3.8, 4) is 22.8 Å². The van der Waals surface area contributed by atoms with Gasteiger partial charge in [-0.2, -0.15) is 0 Å². The second kappa shape index (κ2) is 11.3. The molecule has 1 aliphatic heterocycles. The van der Waals surface area contributed by atoms with E-state index in [0.29, 0.717) is 41.0 Å². The largest absolute Gasteiger partial charge is 0.491 e. The fraction of sp³-hybridized carbons (Fsp3) is 0.321. The van der Waals surface area contributed by atoms with Crippen LogP contribution in [0.25, 0.3) is 22.0 Å². The van der Waals surface area contributed by atoms with Gasteiger partial charge in [0, 0.05) is 28.9 Å². The molecule has 5 rings (SSSR count). The zero-order chi connectivity index (χ0) is 28.4. The van der Waals surface area contributed by atoms with Crippen molar-refractivity contribution in [2.75, 3.05) is 38.6 Å². The van der Waals surface area contributed by atoms with Crippen molar-refractivity contribution in [1.82, 2.24) is 19.9 Å². The van der Waals surface area contributed by atoms with Gasteiger partial charge in [0.2, 0.25) is 5.88 Å². The summed E-state index contributed by atoms with van der Waals surface area (Å²) in [5.41, 5.74) is 2.65. The molecule has 0 amide bonds. The van der Waals surface area contributed by atoms with Crippen LogP contribution in [0.3, 0.4) is 0 Å². The summed E-state index contributed by atoms with van der Waals surface area (Å²) in [6.07, 6.45) is 5.12. The fourth-order valence-electron chi connectivity index (χ4n) is 4.71. The minimum atomic E-state index is -4.43. The number of fused-ring (bicyclic) bond motifs is 1. The third-order valence-corrected chi connectivity index (χ3v) is 8.42. The van der Waals surface area contributed by atoms with Crippen molar-refractivity contribution in [1.29, 1.82) is 0 Å². The summed E-state index contributed by atoms with van der Waals surface area (Å²) in [5.74, 6) is -1.11. The Morgan fingerprint density at radius 3 is 2.55 bits per heavy atom. The van der Waals surface area contributed by atoms with E-state index in [1.165, 1.54) is 25.7 Å². The van der Waals surface area contributed by atoms with E-state index in [1.54, 1.807) is 0 Å². The number of hydrogen-bond donors (Lipinski definition) is 1. The van der Waals surface area contributed by atoms with Crippen molar-refractivity contribution in [2.24, 2.45) is 5.92 Å². The maximum absolute atomic E-state index is 14.3. The van der Waals surface area contributed by atoms with Crippen molar-refractivity contribution < 1.29 is 26.7 Å². The van der Waals surface area contributed by atoms with Crippen LogP contribution in [0.2, 0.25) is 0 Å². The summed E-state index contributed by atoms with van der Waals surface area (Å²) in [7, 11) is -0.977. The van der Waals surface area contributed by atoms with Crippen LogP contribution in [0, 0.1) is 24.5 Å². The normalized spacial score (nSPS) is 14.8. The number of likely N-dealkylation sites (tertiary alicyclic amines) is 1. The number of aryl methyl sites for hydroxylation is 1. The SMILES string of the molecule is COc1ncc(-c2cc(OCC3CCN(C)CC3)c3ncnc(C)c3c2)cc1NS(=O)(=O)c1ccc(F)cc1F. The summed E-state index contributed by atoms with van der Waals surface area (Å²) >= 11 is 0. The number of rotatable bonds is 8. The molecule has 2 aromatic carbocycles. The summed E-state index contributed by atoms with van der Waals surface area (Å²) in [5, 5.41) is 0.782. The van der Waals surface area contributed by atoms with Crippen molar-refractivity contribution in [3.63, 3.8) is 0 Å². The molecular weight excluding hydrogens is 540 g/mol. The smallest absolute Gasteiger partial charge is 0.264 e. The molecule has 2 aromatic heterocycles. The molecule has 3 heterocycles. The number of aromatic nitrogens is 3. The molecule has 0 bridgehead atoms.